The number of morpholine rings is 1. The second-order valence-electron chi connectivity index (χ2n) is 4.95. The van der Waals surface area contributed by atoms with Gasteiger partial charge in [-0.1, -0.05) is 6.07 Å². The molecule has 2 N–H and O–H groups in total. The molecule has 1 amide bonds. The van der Waals surface area contributed by atoms with E-state index in [0.29, 0.717) is 32.0 Å². The lowest BCUT2D eigenvalue weighted by atomic mass is 10.1. The first kappa shape index (κ1) is 13.9. The maximum Gasteiger partial charge on any atom is 0.268 e. The molecule has 1 unspecified atom stereocenters. The number of aliphatic hydroxyl groups is 1. The van der Waals surface area contributed by atoms with Crippen LogP contribution in [0.2, 0.25) is 0 Å². The van der Waals surface area contributed by atoms with Gasteiger partial charge >= 0.3 is 0 Å². The lowest BCUT2D eigenvalue weighted by molar-refractivity contribution is -0.138. The van der Waals surface area contributed by atoms with E-state index in [4.69, 9.17) is 4.74 Å². The molecule has 3 rings (SSSR count). The number of carbonyl (C=O) groups excluding carboxylic acids is 1. The molecule has 0 aliphatic carbocycles. The Hall–Kier alpha value is -2.02. The molecule has 1 fully saturated rings. The summed E-state index contributed by atoms with van der Waals surface area (Å²) in [6.07, 6.45) is 2.32. The largest absolute Gasteiger partial charge is 0.379 e. The van der Waals surface area contributed by atoms with Crippen molar-refractivity contribution in [3.63, 3.8) is 0 Å². The van der Waals surface area contributed by atoms with Crippen molar-refractivity contribution in [1.29, 1.82) is 0 Å². The number of ether oxygens (including phenoxy) is 1. The standard InChI is InChI=1S/C15H17N3O3/c19-14(15(20)18-5-7-21-8-6-18)17-13-2-1-12-10-16-4-3-11(12)9-13/h1-4,9-10,15,20H,5-8H2,(H,17,19). The van der Waals surface area contributed by atoms with E-state index in [-0.39, 0.29) is 0 Å². The Morgan fingerprint density at radius 3 is 2.90 bits per heavy atom. The monoisotopic (exact) mass is 287 g/mol. The number of nitrogens with zero attached hydrogens (tertiary/aromatic N) is 2. The number of hydrogen-bond donors (Lipinski definition) is 2. The highest BCUT2D eigenvalue weighted by molar-refractivity contribution is 5.96. The van der Waals surface area contributed by atoms with Crippen LogP contribution in [0.25, 0.3) is 10.8 Å². The average molecular weight is 287 g/mol. The number of nitrogens with one attached hydrogen (secondary N) is 1. The number of pyridine rings is 1. The summed E-state index contributed by atoms with van der Waals surface area (Å²) in [5, 5.41) is 14.8. The maximum absolute atomic E-state index is 12.1. The summed E-state index contributed by atoms with van der Waals surface area (Å²) in [4.78, 5) is 17.8. The van der Waals surface area contributed by atoms with E-state index in [0.717, 1.165) is 10.8 Å². The number of amides is 1. The number of fused-ring (bicyclic) bond motifs is 1. The van der Waals surface area contributed by atoms with Gasteiger partial charge in [0.05, 0.1) is 13.2 Å². The van der Waals surface area contributed by atoms with E-state index >= 15 is 0 Å². The molecule has 0 radical (unpaired) electrons. The number of carbonyl (C=O) groups is 1. The molecule has 1 atom stereocenters. The second-order valence-corrected chi connectivity index (χ2v) is 4.95. The molecular weight excluding hydrogens is 270 g/mol. The van der Waals surface area contributed by atoms with Crippen molar-refractivity contribution < 1.29 is 14.6 Å². The Balaban J connectivity index is 1.70. The van der Waals surface area contributed by atoms with Crippen molar-refractivity contribution in [2.45, 2.75) is 6.23 Å². The van der Waals surface area contributed by atoms with E-state index in [9.17, 15) is 9.90 Å². The highest BCUT2D eigenvalue weighted by atomic mass is 16.5. The molecule has 6 nitrogen and oxygen atoms in total. The van der Waals surface area contributed by atoms with Crippen LogP contribution < -0.4 is 5.32 Å². The van der Waals surface area contributed by atoms with Gasteiger partial charge in [0, 0.05) is 36.6 Å². The maximum atomic E-state index is 12.1. The van der Waals surface area contributed by atoms with Gasteiger partial charge < -0.3 is 15.2 Å². The van der Waals surface area contributed by atoms with Crippen LogP contribution in [0.5, 0.6) is 0 Å². The van der Waals surface area contributed by atoms with Gasteiger partial charge in [-0.25, -0.2) is 0 Å². The molecule has 110 valence electrons. The van der Waals surface area contributed by atoms with Crippen molar-refractivity contribution in [2.24, 2.45) is 0 Å². The van der Waals surface area contributed by atoms with E-state index in [1.54, 1.807) is 23.4 Å². The molecule has 2 heterocycles. The van der Waals surface area contributed by atoms with Crippen LogP contribution in [-0.4, -0.2) is 53.4 Å². The Labute approximate surface area is 122 Å². The lowest BCUT2D eigenvalue weighted by Gasteiger charge is -2.30. The Bertz CT molecular complexity index is 641. The van der Waals surface area contributed by atoms with Crippen LogP contribution in [-0.2, 0) is 9.53 Å². The molecule has 0 spiro atoms. The summed E-state index contributed by atoms with van der Waals surface area (Å²) in [7, 11) is 0. The number of hydrogen-bond acceptors (Lipinski definition) is 5. The quantitative estimate of drug-likeness (QED) is 0.874. The van der Waals surface area contributed by atoms with Crippen molar-refractivity contribution in [3.05, 3.63) is 36.7 Å². The fraction of sp³-hybridized carbons (Fsp3) is 0.333. The Morgan fingerprint density at radius 2 is 2.10 bits per heavy atom. The second kappa shape index (κ2) is 6.17. The van der Waals surface area contributed by atoms with Gasteiger partial charge in [-0.2, -0.15) is 0 Å². The predicted octanol–water partition coefficient (Wildman–Crippen LogP) is 0.824. The molecule has 2 aromatic rings. The van der Waals surface area contributed by atoms with E-state index < -0.39 is 12.1 Å². The average Bonchev–Trinajstić information content (AvgIpc) is 2.55. The Kier molecular flexibility index (Phi) is 4.10. The topological polar surface area (TPSA) is 74.7 Å². The fourth-order valence-electron chi connectivity index (χ4n) is 2.36. The van der Waals surface area contributed by atoms with Crippen molar-refractivity contribution in [1.82, 2.24) is 9.88 Å². The molecule has 0 bridgehead atoms. The third-order valence-corrected chi connectivity index (χ3v) is 3.53. The summed E-state index contributed by atoms with van der Waals surface area (Å²) in [6, 6.07) is 7.43. The van der Waals surface area contributed by atoms with Crippen LogP contribution in [0.1, 0.15) is 0 Å². The number of aromatic nitrogens is 1. The minimum absolute atomic E-state index is 0.426. The van der Waals surface area contributed by atoms with Gasteiger partial charge in [0.15, 0.2) is 6.23 Å². The molecule has 1 aromatic carbocycles. The molecule has 0 saturated carbocycles. The summed E-state index contributed by atoms with van der Waals surface area (Å²) in [5.74, 6) is -0.426. The number of rotatable bonds is 3. The van der Waals surface area contributed by atoms with Gasteiger partial charge in [-0.15, -0.1) is 0 Å². The van der Waals surface area contributed by atoms with Gasteiger partial charge in [-0.3, -0.25) is 14.7 Å². The van der Waals surface area contributed by atoms with Crippen LogP contribution in [0.3, 0.4) is 0 Å². The van der Waals surface area contributed by atoms with Crippen LogP contribution >= 0.6 is 0 Å². The van der Waals surface area contributed by atoms with E-state index in [1.807, 2.05) is 18.2 Å². The zero-order chi connectivity index (χ0) is 14.7. The molecular formula is C15H17N3O3. The highest BCUT2D eigenvalue weighted by Crippen LogP contribution is 2.18. The Morgan fingerprint density at radius 1 is 1.29 bits per heavy atom. The minimum Gasteiger partial charge on any atom is -0.379 e. The van der Waals surface area contributed by atoms with Crippen LogP contribution in [0.15, 0.2) is 36.7 Å². The number of benzene rings is 1. The van der Waals surface area contributed by atoms with Crippen molar-refractivity contribution >= 4 is 22.4 Å². The third kappa shape index (κ3) is 3.18. The van der Waals surface area contributed by atoms with Crippen molar-refractivity contribution in [3.8, 4) is 0 Å². The fourth-order valence-corrected chi connectivity index (χ4v) is 2.36. The van der Waals surface area contributed by atoms with Crippen LogP contribution in [0, 0.1) is 0 Å². The minimum atomic E-state index is -1.15. The first-order chi connectivity index (χ1) is 10.2. The van der Waals surface area contributed by atoms with E-state index in [1.165, 1.54) is 0 Å². The first-order valence-electron chi connectivity index (χ1n) is 6.88. The molecule has 1 aromatic heterocycles. The number of anilines is 1. The lowest BCUT2D eigenvalue weighted by Crippen LogP contribution is -2.49. The van der Waals surface area contributed by atoms with Gasteiger partial charge in [0.2, 0.25) is 0 Å². The normalized spacial score (nSPS) is 17.6. The number of aliphatic hydroxyl groups excluding tert-OH is 1. The third-order valence-electron chi connectivity index (χ3n) is 3.53. The SMILES string of the molecule is O=C(Nc1ccc2cnccc2c1)C(O)N1CCOCC1. The molecule has 1 saturated heterocycles. The highest BCUT2D eigenvalue weighted by Gasteiger charge is 2.25. The molecule has 21 heavy (non-hydrogen) atoms. The van der Waals surface area contributed by atoms with Crippen molar-refractivity contribution in [2.75, 3.05) is 31.6 Å². The summed E-state index contributed by atoms with van der Waals surface area (Å²) in [6.45, 7) is 2.18. The predicted molar refractivity (Wildman–Crippen MR) is 78.8 cm³/mol. The zero-order valence-electron chi connectivity index (χ0n) is 11.5. The summed E-state index contributed by atoms with van der Waals surface area (Å²) < 4.78 is 5.21. The van der Waals surface area contributed by atoms with E-state index in [2.05, 4.69) is 10.3 Å². The molecule has 1 aliphatic rings. The first-order valence-corrected chi connectivity index (χ1v) is 6.88. The smallest absolute Gasteiger partial charge is 0.268 e. The van der Waals surface area contributed by atoms with Gasteiger partial charge in [0.25, 0.3) is 5.91 Å². The summed E-state index contributed by atoms with van der Waals surface area (Å²) in [5.41, 5.74) is 0.658. The van der Waals surface area contributed by atoms with Crippen LogP contribution in [0.4, 0.5) is 5.69 Å². The molecule has 1 aliphatic heterocycles. The zero-order valence-corrected chi connectivity index (χ0v) is 11.5. The van der Waals surface area contributed by atoms with Gasteiger partial charge in [0.1, 0.15) is 0 Å². The summed E-state index contributed by atoms with van der Waals surface area (Å²) >= 11 is 0. The molecule has 6 heteroatoms. The van der Waals surface area contributed by atoms with Gasteiger partial charge in [-0.05, 0) is 23.6 Å².